The monoisotopic (exact) mass is 338 g/mol. The molecule has 1 amide bonds. The third-order valence-corrected chi connectivity index (χ3v) is 5.57. The topological polar surface area (TPSA) is 84.8 Å². The molecule has 1 heterocycles. The Balaban J connectivity index is 1.87. The Kier molecular flexibility index (Phi) is 5.76. The molecule has 0 bridgehead atoms. The summed E-state index contributed by atoms with van der Waals surface area (Å²) in [6, 6.07) is 7.45. The van der Waals surface area contributed by atoms with E-state index in [2.05, 4.69) is 10.5 Å². The molecule has 0 unspecified atom stereocenters. The second kappa shape index (κ2) is 7.59. The Morgan fingerprint density at radius 2 is 2.04 bits per heavy atom. The number of amides is 1. The van der Waals surface area contributed by atoms with E-state index in [9.17, 15) is 13.2 Å². The fourth-order valence-electron chi connectivity index (χ4n) is 2.51. The third-order valence-electron chi connectivity index (χ3n) is 3.73. The number of carbonyl (C=O) groups is 1. The number of hydrogen-bond acceptors (Lipinski definition) is 5. The van der Waals surface area contributed by atoms with Crippen molar-refractivity contribution in [3.63, 3.8) is 0 Å². The smallest absolute Gasteiger partial charge is 0.240 e. The van der Waals surface area contributed by atoms with Gasteiger partial charge in [-0.25, -0.2) is 13.8 Å². The average molecular weight is 338 g/mol. The van der Waals surface area contributed by atoms with E-state index in [1.54, 1.807) is 6.92 Å². The number of nitrogens with zero attached hydrogens (tertiary/aromatic N) is 1. The zero-order valence-corrected chi connectivity index (χ0v) is 14.2. The summed E-state index contributed by atoms with van der Waals surface area (Å²) in [7, 11) is -2.95. The first-order chi connectivity index (χ1) is 10.9. The van der Waals surface area contributed by atoms with Crippen LogP contribution in [0.15, 0.2) is 29.4 Å². The molecule has 1 atom stereocenters. The van der Waals surface area contributed by atoms with Crippen LogP contribution in [0.3, 0.4) is 0 Å². The molecule has 6 nitrogen and oxygen atoms in total. The highest BCUT2D eigenvalue weighted by molar-refractivity contribution is 7.91. The van der Waals surface area contributed by atoms with Crippen LogP contribution < -0.4 is 10.2 Å². The van der Waals surface area contributed by atoms with E-state index in [4.69, 9.17) is 4.74 Å². The second-order valence-electron chi connectivity index (χ2n) is 5.66. The van der Waals surface area contributed by atoms with Crippen LogP contribution in [0.4, 0.5) is 0 Å². The predicted molar refractivity (Wildman–Crippen MR) is 89.3 cm³/mol. The zero-order chi connectivity index (χ0) is 16.9. The van der Waals surface area contributed by atoms with Crippen LogP contribution in [-0.2, 0) is 14.6 Å². The van der Waals surface area contributed by atoms with Crippen LogP contribution in [0.25, 0.3) is 0 Å². The maximum Gasteiger partial charge on any atom is 0.240 e. The number of hydrazone groups is 1. The molecule has 0 saturated carbocycles. The lowest BCUT2D eigenvalue weighted by molar-refractivity contribution is -0.121. The van der Waals surface area contributed by atoms with E-state index in [0.717, 1.165) is 11.3 Å². The van der Waals surface area contributed by atoms with E-state index in [1.165, 1.54) is 0 Å². The second-order valence-corrected chi connectivity index (χ2v) is 7.89. The fourth-order valence-corrected chi connectivity index (χ4v) is 4.37. The van der Waals surface area contributed by atoms with Gasteiger partial charge in [-0.1, -0.05) is 0 Å². The van der Waals surface area contributed by atoms with Crippen LogP contribution in [0.2, 0.25) is 0 Å². The molecule has 1 aromatic carbocycles. The van der Waals surface area contributed by atoms with E-state index in [1.807, 2.05) is 31.2 Å². The van der Waals surface area contributed by atoms with Crippen molar-refractivity contribution >= 4 is 21.5 Å². The molecule has 1 aromatic rings. The fraction of sp³-hybridized carbons (Fsp3) is 0.500. The number of benzene rings is 1. The van der Waals surface area contributed by atoms with E-state index in [-0.39, 0.29) is 29.8 Å². The maximum atomic E-state index is 11.9. The van der Waals surface area contributed by atoms with E-state index >= 15 is 0 Å². The maximum absolute atomic E-state index is 11.9. The van der Waals surface area contributed by atoms with Crippen molar-refractivity contribution in [3.8, 4) is 5.75 Å². The molecule has 1 fully saturated rings. The minimum atomic E-state index is -2.95. The Labute approximate surface area is 136 Å². The number of carbonyl (C=O) groups excluding carboxylic acids is 1. The molecule has 0 radical (unpaired) electrons. The normalized spacial score (nSPS) is 20.3. The molecule has 1 saturated heterocycles. The van der Waals surface area contributed by atoms with Crippen molar-refractivity contribution in [1.29, 1.82) is 0 Å². The van der Waals surface area contributed by atoms with E-state index < -0.39 is 9.84 Å². The highest BCUT2D eigenvalue weighted by Crippen LogP contribution is 2.21. The van der Waals surface area contributed by atoms with E-state index in [0.29, 0.717) is 18.7 Å². The number of nitrogens with one attached hydrogen (secondary N) is 1. The Hall–Kier alpha value is -1.89. The van der Waals surface area contributed by atoms with Crippen molar-refractivity contribution in [2.45, 2.75) is 26.7 Å². The van der Waals surface area contributed by atoms with Gasteiger partial charge in [0.25, 0.3) is 0 Å². The summed E-state index contributed by atoms with van der Waals surface area (Å²) in [5.74, 6) is 0.718. The number of ether oxygens (including phenoxy) is 1. The van der Waals surface area contributed by atoms with Gasteiger partial charge in [-0.15, -0.1) is 0 Å². The molecule has 126 valence electrons. The highest BCUT2D eigenvalue weighted by atomic mass is 32.2. The zero-order valence-electron chi connectivity index (χ0n) is 13.4. The summed E-state index contributed by atoms with van der Waals surface area (Å²) in [6.07, 6.45) is 0.747. The number of rotatable bonds is 6. The Morgan fingerprint density at radius 3 is 2.61 bits per heavy atom. The first-order valence-corrected chi connectivity index (χ1v) is 9.48. The van der Waals surface area contributed by atoms with Crippen molar-refractivity contribution in [1.82, 2.24) is 5.43 Å². The summed E-state index contributed by atoms with van der Waals surface area (Å²) in [5, 5.41) is 4.08. The predicted octanol–water partition coefficient (Wildman–Crippen LogP) is 1.75. The van der Waals surface area contributed by atoms with Crippen molar-refractivity contribution in [3.05, 3.63) is 29.8 Å². The largest absolute Gasteiger partial charge is 0.494 e. The van der Waals surface area contributed by atoms with Crippen molar-refractivity contribution in [2.75, 3.05) is 18.1 Å². The molecule has 7 heteroatoms. The van der Waals surface area contributed by atoms with Crippen molar-refractivity contribution < 1.29 is 17.9 Å². The standard InChI is InChI=1S/C16H22N2O4S/c1-3-22-15-6-4-14(5-7-15)12(2)17-18-16(19)10-13-8-9-23(20,21)11-13/h4-7,13H,3,8-11H2,1-2H3,(H,18,19)/b17-12-/t13-/m0/s1. The molecule has 1 N–H and O–H groups in total. The number of sulfone groups is 1. The lowest BCUT2D eigenvalue weighted by Gasteiger charge is -2.07. The first kappa shape index (κ1) is 17.5. The quantitative estimate of drug-likeness (QED) is 0.632. The van der Waals surface area contributed by atoms with Crippen LogP contribution in [0, 0.1) is 5.92 Å². The van der Waals surface area contributed by atoms with Gasteiger partial charge in [-0.3, -0.25) is 4.79 Å². The van der Waals surface area contributed by atoms with Gasteiger partial charge in [-0.05, 0) is 56.0 Å². The molecule has 1 aliphatic heterocycles. The van der Waals surface area contributed by atoms with Gasteiger partial charge < -0.3 is 4.74 Å². The lowest BCUT2D eigenvalue weighted by atomic mass is 10.1. The van der Waals surface area contributed by atoms with Gasteiger partial charge in [0.1, 0.15) is 5.75 Å². The highest BCUT2D eigenvalue weighted by Gasteiger charge is 2.29. The first-order valence-electron chi connectivity index (χ1n) is 7.66. The Bertz CT molecular complexity index is 681. The molecule has 1 aliphatic rings. The minimum Gasteiger partial charge on any atom is -0.494 e. The summed E-state index contributed by atoms with van der Waals surface area (Å²) < 4.78 is 28.1. The molecule has 0 spiro atoms. The number of hydrogen-bond donors (Lipinski definition) is 1. The van der Waals surface area contributed by atoms with Crippen LogP contribution in [0.1, 0.15) is 32.3 Å². The van der Waals surface area contributed by atoms with Gasteiger partial charge in [0.2, 0.25) is 5.91 Å². The summed E-state index contributed by atoms with van der Waals surface area (Å²) in [6.45, 7) is 4.33. The molecule has 0 aromatic heterocycles. The van der Waals surface area contributed by atoms with Gasteiger partial charge in [0.15, 0.2) is 9.84 Å². The lowest BCUT2D eigenvalue weighted by Crippen LogP contribution is -2.22. The van der Waals surface area contributed by atoms with Crippen LogP contribution >= 0.6 is 0 Å². The van der Waals surface area contributed by atoms with Gasteiger partial charge in [0, 0.05) is 6.42 Å². The summed E-state index contributed by atoms with van der Waals surface area (Å²) >= 11 is 0. The Morgan fingerprint density at radius 1 is 1.35 bits per heavy atom. The molecule has 0 aliphatic carbocycles. The molecular formula is C16H22N2O4S. The third kappa shape index (κ3) is 5.35. The van der Waals surface area contributed by atoms with Crippen LogP contribution in [0.5, 0.6) is 5.75 Å². The van der Waals surface area contributed by atoms with Crippen LogP contribution in [-0.4, -0.2) is 38.1 Å². The van der Waals surface area contributed by atoms with Gasteiger partial charge in [0.05, 0.1) is 23.8 Å². The van der Waals surface area contributed by atoms with Crippen molar-refractivity contribution in [2.24, 2.45) is 11.0 Å². The summed E-state index contributed by atoms with van der Waals surface area (Å²) in [4.78, 5) is 11.9. The van der Waals surface area contributed by atoms with Gasteiger partial charge >= 0.3 is 0 Å². The summed E-state index contributed by atoms with van der Waals surface area (Å²) in [5.41, 5.74) is 4.07. The molecular weight excluding hydrogens is 316 g/mol. The SMILES string of the molecule is CCOc1ccc(/C(C)=N\NC(=O)C[C@@H]2CCS(=O)(=O)C2)cc1. The van der Waals surface area contributed by atoms with Gasteiger partial charge in [-0.2, -0.15) is 5.10 Å². The average Bonchev–Trinajstić information content (AvgIpc) is 2.84. The minimum absolute atomic E-state index is 0.0963. The molecule has 23 heavy (non-hydrogen) atoms. The molecule has 2 rings (SSSR count).